The molecule has 0 radical (unpaired) electrons. The van der Waals surface area contributed by atoms with Crippen LogP contribution in [0.1, 0.15) is 56.4 Å². The number of hydrogen-bond donors (Lipinski definition) is 1. The van der Waals surface area contributed by atoms with Crippen LogP contribution in [0.5, 0.6) is 0 Å². The maximum absolute atomic E-state index is 12.5. The number of halogens is 1. The van der Waals surface area contributed by atoms with Crippen LogP contribution in [0, 0.1) is 0 Å². The van der Waals surface area contributed by atoms with Gasteiger partial charge in [0.2, 0.25) is 5.95 Å². The average molecular weight is 458 g/mol. The number of aromatic nitrogens is 2. The number of carbonyl (C=O) groups excluding carboxylic acids is 1. The van der Waals surface area contributed by atoms with Crippen molar-refractivity contribution in [2.24, 2.45) is 0 Å². The quantitative estimate of drug-likeness (QED) is 0.717. The molecule has 172 valence electrons. The molecule has 2 aliphatic rings. The molecule has 1 fully saturated rings. The lowest BCUT2D eigenvalue weighted by Crippen LogP contribution is -2.39. The second-order valence-electron chi connectivity index (χ2n) is 9.63. The van der Waals surface area contributed by atoms with Gasteiger partial charge in [0.15, 0.2) is 0 Å². The Hall–Kier alpha value is -2.54. The van der Waals surface area contributed by atoms with Crippen molar-refractivity contribution in [3.63, 3.8) is 0 Å². The number of fused-ring (bicyclic) bond motifs is 1. The summed E-state index contributed by atoms with van der Waals surface area (Å²) in [6.07, 6.45) is 3.34. The summed E-state index contributed by atoms with van der Waals surface area (Å²) in [5.74, 6) is 1.59. The Balaban J connectivity index is 1.51. The van der Waals surface area contributed by atoms with Crippen LogP contribution in [0.4, 0.5) is 16.6 Å². The highest BCUT2D eigenvalue weighted by atomic mass is 35.5. The number of rotatable bonds is 2. The smallest absolute Gasteiger partial charge is 0.410 e. The van der Waals surface area contributed by atoms with Crippen LogP contribution in [-0.4, -0.2) is 52.7 Å². The fourth-order valence-electron chi connectivity index (χ4n) is 4.56. The monoisotopic (exact) mass is 457 g/mol. The van der Waals surface area contributed by atoms with Crippen LogP contribution >= 0.6 is 11.6 Å². The molecule has 8 heteroatoms. The number of nitrogens with two attached hydrogens (primary N) is 1. The lowest BCUT2D eigenvalue weighted by Gasteiger charge is -2.30. The summed E-state index contributed by atoms with van der Waals surface area (Å²) >= 11 is 6.21. The van der Waals surface area contributed by atoms with Crippen LogP contribution in [0.3, 0.4) is 0 Å². The number of nitrogens with zero attached hydrogens (tertiary/aromatic N) is 4. The Kier molecular flexibility index (Phi) is 6.47. The number of benzene rings is 1. The normalized spacial score (nSPS) is 19.3. The van der Waals surface area contributed by atoms with E-state index in [0.29, 0.717) is 31.5 Å². The van der Waals surface area contributed by atoms with Gasteiger partial charge in [-0.1, -0.05) is 23.7 Å². The fourth-order valence-corrected chi connectivity index (χ4v) is 4.76. The SMILES string of the molecule is CC(C)(C)OC(=O)N1CCCN(c2nc(N)nc3c2CCC(c2cccc(Cl)c2)C3)CC1. The summed E-state index contributed by atoms with van der Waals surface area (Å²) in [4.78, 5) is 25.8. The van der Waals surface area contributed by atoms with Crippen LogP contribution in [-0.2, 0) is 17.6 Å². The van der Waals surface area contributed by atoms with Gasteiger partial charge in [-0.2, -0.15) is 4.98 Å². The van der Waals surface area contributed by atoms with Gasteiger partial charge in [0.05, 0.1) is 5.69 Å². The average Bonchev–Trinajstić information content (AvgIpc) is 2.98. The summed E-state index contributed by atoms with van der Waals surface area (Å²) in [5.41, 5.74) is 9.08. The minimum absolute atomic E-state index is 0.257. The molecule has 1 aromatic carbocycles. The zero-order valence-electron chi connectivity index (χ0n) is 19.1. The lowest BCUT2D eigenvalue weighted by molar-refractivity contribution is 0.0263. The third-order valence-electron chi connectivity index (χ3n) is 6.04. The minimum atomic E-state index is -0.497. The molecular weight excluding hydrogens is 426 g/mol. The van der Waals surface area contributed by atoms with Gasteiger partial charge >= 0.3 is 6.09 Å². The zero-order chi connectivity index (χ0) is 22.9. The molecule has 4 rings (SSSR count). The highest BCUT2D eigenvalue weighted by Crippen LogP contribution is 2.36. The van der Waals surface area contributed by atoms with E-state index in [4.69, 9.17) is 22.1 Å². The summed E-state index contributed by atoms with van der Waals surface area (Å²) in [7, 11) is 0. The van der Waals surface area contributed by atoms with Gasteiger partial charge in [0, 0.05) is 36.8 Å². The molecular formula is C24H32ClN5O2. The van der Waals surface area contributed by atoms with Crippen molar-refractivity contribution in [3.8, 4) is 0 Å². The fraction of sp³-hybridized carbons (Fsp3) is 0.542. The lowest BCUT2D eigenvalue weighted by atomic mass is 9.82. The molecule has 1 aliphatic carbocycles. The van der Waals surface area contributed by atoms with E-state index in [1.807, 2.05) is 39.0 Å². The van der Waals surface area contributed by atoms with E-state index < -0.39 is 5.60 Å². The molecule has 1 unspecified atom stereocenters. The Morgan fingerprint density at radius 2 is 2.00 bits per heavy atom. The maximum atomic E-state index is 12.5. The first-order chi connectivity index (χ1) is 15.2. The minimum Gasteiger partial charge on any atom is -0.444 e. The van der Waals surface area contributed by atoms with Crippen molar-refractivity contribution >= 4 is 29.5 Å². The first-order valence-electron chi connectivity index (χ1n) is 11.3. The van der Waals surface area contributed by atoms with Crippen molar-refractivity contribution in [2.45, 2.75) is 58.0 Å². The van der Waals surface area contributed by atoms with Crippen LogP contribution in [0.2, 0.25) is 5.02 Å². The first-order valence-corrected chi connectivity index (χ1v) is 11.7. The van der Waals surface area contributed by atoms with Gasteiger partial charge in [-0.15, -0.1) is 0 Å². The number of ether oxygens (including phenoxy) is 1. The number of amides is 1. The van der Waals surface area contributed by atoms with Gasteiger partial charge in [-0.3, -0.25) is 0 Å². The number of nitrogen functional groups attached to an aromatic ring is 1. The molecule has 2 heterocycles. The number of anilines is 2. The van der Waals surface area contributed by atoms with Gasteiger partial charge < -0.3 is 20.3 Å². The molecule has 0 spiro atoms. The second-order valence-corrected chi connectivity index (χ2v) is 10.1. The zero-order valence-corrected chi connectivity index (χ0v) is 19.9. The Labute approximate surface area is 194 Å². The molecule has 32 heavy (non-hydrogen) atoms. The van der Waals surface area contributed by atoms with E-state index in [-0.39, 0.29) is 6.09 Å². The Bertz CT molecular complexity index is 991. The molecule has 1 saturated heterocycles. The molecule has 0 saturated carbocycles. The second kappa shape index (κ2) is 9.14. The van der Waals surface area contributed by atoms with Gasteiger partial charge in [0.25, 0.3) is 0 Å². The maximum Gasteiger partial charge on any atom is 0.410 e. The molecule has 0 bridgehead atoms. The van der Waals surface area contributed by atoms with Crippen molar-refractivity contribution < 1.29 is 9.53 Å². The van der Waals surface area contributed by atoms with Crippen LogP contribution in [0.25, 0.3) is 0 Å². The van der Waals surface area contributed by atoms with Crippen molar-refractivity contribution in [1.29, 1.82) is 0 Å². The third kappa shape index (κ3) is 5.26. The molecule has 1 atom stereocenters. The van der Waals surface area contributed by atoms with Gasteiger partial charge in [-0.25, -0.2) is 9.78 Å². The predicted molar refractivity (Wildman–Crippen MR) is 127 cm³/mol. The van der Waals surface area contributed by atoms with E-state index in [0.717, 1.165) is 48.8 Å². The van der Waals surface area contributed by atoms with E-state index in [2.05, 4.69) is 20.9 Å². The summed E-state index contributed by atoms with van der Waals surface area (Å²) < 4.78 is 5.56. The number of hydrogen-bond acceptors (Lipinski definition) is 6. The van der Waals surface area contributed by atoms with E-state index >= 15 is 0 Å². The number of carbonyl (C=O) groups is 1. The summed E-state index contributed by atoms with van der Waals surface area (Å²) in [6.45, 7) is 8.45. The Morgan fingerprint density at radius 3 is 2.75 bits per heavy atom. The van der Waals surface area contributed by atoms with Crippen LogP contribution < -0.4 is 10.6 Å². The highest BCUT2D eigenvalue weighted by Gasteiger charge is 2.29. The topological polar surface area (TPSA) is 84.6 Å². The van der Waals surface area contributed by atoms with Gasteiger partial charge in [0.1, 0.15) is 11.4 Å². The predicted octanol–water partition coefficient (Wildman–Crippen LogP) is 4.43. The van der Waals surface area contributed by atoms with Gasteiger partial charge in [-0.05, 0) is 70.1 Å². The van der Waals surface area contributed by atoms with Crippen molar-refractivity contribution in [3.05, 3.63) is 46.1 Å². The largest absolute Gasteiger partial charge is 0.444 e. The summed E-state index contributed by atoms with van der Waals surface area (Å²) in [5, 5.41) is 0.760. The summed E-state index contributed by atoms with van der Waals surface area (Å²) in [6, 6.07) is 8.08. The van der Waals surface area contributed by atoms with Crippen molar-refractivity contribution in [2.75, 3.05) is 36.8 Å². The van der Waals surface area contributed by atoms with Crippen LogP contribution in [0.15, 0.2) is 24.3 Å². The molecule has 7 nitrogen and oxygen atoms in total. The first kappa shape index (κ1) is 22.6. The van der Waals surface area contributed by atoms with E-state index in [1.54, 1.807) is 4.90 Å². The van der Waals surface area contributed by atoms with E-state index in [1.165, 1.54) is 11.1 Å². The molecule has 1 aromatic heterocycles. The third-order valence-corrected chi connectivity index (χ3v) is 6.27. The molecule has 2 N–H and O–H groups in total. The van der Waals surface area contributed by atoms with Crippen molar-refractivity contribution in [1.82, 2.24) is 14.9 Å². The standard InChI is InChI=1S/C24H32ClN5O2/c1-24(2,3)32-23(31)30-11-5-10-29(12-13-30)21-19-9-8-17(15-20(19)27-22(26)28-21)16-6-4-7-18(25)14-16/h4,6-7,14,17H,5,8-13,15H2,1-3H3,(H2,26,27,28). The highest BCUT2D eigenvalue weighted by molar-refractivity contribution is 6.30. The molecule has 2 aromatic rings. The molecule has 1 amide bonds. The molecule has 1 aliphatic heterocycles. The van der Waals surface area contributed by atoms with E-state index in [9.17, 15) is 4.79 Å². The Morgan fingerprint density at radius 1 is 1.19 bits per heavy atom.